The number of hydrogen-bond donors (Lipinski definition) is 1. The van der Waals surface area contributed by atoms with E-state index in [1.165, 1.54) is 6.07 Å². The summed E-state index contributed by atoms with van der Waals surface area (Å²) in [5.41, 5.74) is 3.57. The predicted molar refractivity (Wildman–Crippen MR) is 115 cm³/mol. The van der Waals surface area contributed by atoms with Gasteiger partial charge in [0.1, 0.15) is 5.82 Å². The molecule has 1 aromatic heterocycles. The molecule has 4 nitrogen and oxygen atoms in total. The van der Waals surface area contributed by atoms with Crippen molar-refractivity contribution < 1.29 is 9.18 Å². The van der Waals surface area contributed by atoms with Gasteiger partial charge in [0.25, 0.3) is 0 Å². The van der Waals surface area contributed by atoms with Crippen LogP contribution >= 0.6 is 0 Å². The van der Waals surface area contributed by atoms with Crippen molar-refractivity contribution in [2.45, 2.75) is 26.2 Å². The van der Waals surface area contributed by atoms with Gasteiger partial charge in [-0.2, -0.15) is 0 Å². The molecule has 1 aliphatic rings. The van der Waals surface area contributed by atoms with Gasteiger partial charge in [-0.15, -0.1) is 0 Å². The van der Waals surface area contributed by atoms with Crippen molar-refractivity contribution in [2.75, 3.05) is 32.7 Å². The van der Waals surface area contributed by atoms with Crippen LogP contribution in [0.4, 0.5) is 4.39 Å². The second-order valence-corrected chi connectivity index (χ2v) is 7.89. The number of nitrogens with zero attached hydrogens (tertiary/aromatic N) is 2. The maximum absolute atomic E-state index is 14.9. The number of benzene rings is 2. The van der Waals surface area contributed by atoms with E-state index in [0.29, 0.717) is 5.56 Å². The number of rotatable bonds is 5. The Morgan fingerprint density at radius 3 is 2.62 bits per heavy atom. The number of carbonyl (C=O) groups is 1. The van der Waals surface area contributed by atoms with E-state index in [2.05, 4.69) is 16.8 Å². The van der Waals surface area contributed by atoms with Crippen LogP contribution in [-0.2, 0) is 4.79 Å². The summed E-state index contributed by atoms with van der Waals surface area (Å²) in [6, 6.07) is 13.2. The van der Waals surface area contributed by atoms with E-state index in [4.69, 9.17) is 0 Å². The molecule has 2 heterocycles. The number of aryl methyl sites for hydroxylation is 1. The summed E-state index contributed by atoms with van der Waals surface area (Å²) in [5.74, 6) is -0.478. The van der Waals surface area contributed by atoms with Crippen LogP contribution in [0.2, 0.25) is 0 Å². The molecule has 2 aromatic carbocycles. The highest BCUT2D eigenvalue weighted by atomic mass is 19.1. The maximum atomic E-state index is 14.9. The van der Waals surface area contributed by atoms with Crippen molar-refractivity contribution in [1.29, 1.82) is 0 Å². The number of aromatic amines is 1. The molecule has 3 aromatic rings. The van der Waals surface area contributed by atoms with E-state index in [0.717, 1.165) is 54.8 Å². The minimum atomic E-state index is -0.317. The zero-order valence-electron chi connectivity index (χ0n) is 17.1. The Hall–Kier alpha value is -2.66. The zero-order chi connectivity index (χ0) is 20.4. The average Bonchev–Trinajstić information content (AvgIpc) is 3.18. The Morgan fingerprint density at radius 1 is 1.10 bits per heavy atom. The number of para-hydroxylation sites is 1. The fraction of sp³-hybridized carbons (Fsp3) is 0.375. The van der Waals surface area contributed by atoms with Gasteiger partial charge in [0.05, 0.1) is 0 Å². The molecule has 1 N–H and O–H groups in total. The number of hydrogen-bond acceptors (Lipinski definition) is 2. The van der Waals surface area contributed by atoms with Gasteiger partial charge in [0, 0.05) is 55.6 Å². The molecular weight excluding hydrogens is 365 g/mol. The first-order chi connectivity index (χ1) is 14.1. The van der Waals surface area contributed by atoms with Crippen molar-refractivity contribution >= 4 is 16.8 Å². The van der Waals surface area contributed by atoms with Gasteiger partial charge >= 0.3 is 0 Å². The highest BCUT2D eigenvalue weighted by Crippen LogP contribution is 2.35. The van der Waals surface area contributed by atoms with E-state index < -0.39 is 0 Å². The summed E-state index contributed by atoms with van der Waals surface area (Å²) in [6.07, 6.45) is 2.20. The number of fused-ring (bicyclic) bond motifs is 1. The molecule has 0 radical (unpaired) electrons. The molecule has 0 aliphatic carbocycles. The number of piperazine rings is 1. The number of amides is 1. The van der Waals surface area contributed by atoms with E-state index in [9.17, 15) is 9.18 Å². The van der Waals surface area contributed by atoms with E-state index in [1.54, 1.807) is 6.07 Å². The molecule has 1 aliphatic heterocycles. The second kappa shape index (κ2) is 8.37. The Kier molecular flexibility index (Phi) is 5.67. The van der Waals surface area contributed by atoms with Crippen LogP contribution < -0.4 is 0 Å². The number of aromatic nitrogens is 1. The fourth-order valence-corrected chi connectivity index (χ4v) is 4.32. The van der Waals surface area contributed by atoms with Gasteiger partial charge in [0.2, 0.25) is 5.91 Å². The topological polar surface area (TPSA) is 39.3 Å². The summed E-state index contributed by atoms with van der Waals surface area (Å²) in [4.78, 5) is 20.7. The lowest BCUT2D eigenvalue weighted by Gasteiger charge is -2.35. The molecule has 0 bridgehead atoms. The maximum Gasteiger partial charge on any atom is 0.223 e. The molecule has 1 atom stereocenters. The normalized spacial score (nSPS) is 16.3. The van der Waals surface area contributed by atoms with Crippen molar-refractivity contribution in [1.82, 2.24) is 14.8 Å². The van der Waals surface area contributed by atoms with Crippen LogP contribution in [0.1, 0.15) is 36.0 Å². The number of likely N-dealkylation sites (N-methyl/N-ethyl adjacent to an activating group) is 1. The van der Waals surface area contributed by atoms with Gasteiger partial charge in [-0.05, 0) is 36.7 Å². The molecule has 1 saturated heterocycles. The minimum Gasteiger partial charge on any atom is -0.361 e. The standard InChI is InChI=1S/C24H28FN3O/c1-3-27-10-12-28(13-11-27)24(29)15-19(20-14-17(2)8-9-22(20)25)21-16-26-23-7-5-4-6-18(21)23/h4-9,14,16,19,26H,3,10-13,15H2,1-2H3/t19-/m0/s1. The van der Waals surface area contributed by atoms with E-state index >= 15 is 0 Å². The molecule has 4 rings (SSSR count). The van der Waals surface area contributed by atoms with Gasteiger partial charge in [-0.1, -0.05) is 42.8 Å². The number of halogens is 1. The number of nitrogens with one attached hydrogen (secondary N) is 1. The predicted octanol–water partition coefficient (Wildman–Crippen LogP) is 4.30. The van der Waals surface area contributed by atoms with Crippen LogP contribution in [0, 0.1) is 12.7 Å². The van der Waals surface area contributed by atoms with Crippen LogP contribution in [0.5, 0.6) is 0 Å². The minimum absolute atomic E-state index is 0.0944. The van der Waals surface area contributed by atoms with Crippen molar-refractivity contribution in [3.8, 4) is 0 Å². The van der Waals surface area contributed by atoms with Gasteiger partial charge < -0.3 is 14.8 Å². The van der Waals surface area contributed by atoms with Crippen LogP contribution in [0.15, 0.2) is 48.7 Å². The van der Waals surface area contributed by atoms with E-state index in [1.807, 2.05) is 48.4 Å². The molecule has 0 spiro atoms. The summed E-state index contributed by atoms with van der Waals surface area (Å²) < 4.78 is 14.9. The third-order valence-electron chi connectivity index (χ3n) is 6.07. The zero-order valence-corrected chi connectivity index (χ0v) is 17.1. The highest BCUT2D eigenvalue weighted by molar-refractivity contribution is 5.86. The molecule has 0 unspecified atom stereocenters. The smallest absolute Gasteiger partial charge is 0.223 e. The van der Waals surface area contributed by atoms with Crippen LogP contribution in [0.25, 0.3) is 10.9 Å². The van der Waals surface area contributed by atoms with Crippen LogP contribution in [0.3, 0.4) is 0 Å². The quantitative estimate of drug-likeness (QED) is 0.702. The van der Waals surface area contributed by atoms with Crippen molar-refractivity contribution in [3.05, 3.63) is 71.2 Å². The average molecular weight is 394 g/mol. The lowest BCUT2D eigenvalue weighted by Crippen LogP contribution is -2.48. The lowest BCUT2D eigenvalue weighted by atomic mass is 9.86. The van der Waals surface area contributed by atoms with Gasteiger partial charge in [0.15, 0.2) is 0 Å². The second-order valence-electron chi connectivity index (χ2n) is 7.89. The monoisotopic (exact) mass is 393 g/mol. The lowest BCUT2D eigenvalue weighted by molar-refractivity contribution is -0.133. The van der Waals surface area contributed by atoms with E-state index in [-0.39, 0.29) is 24.1 Å². The largest absolute Gasteiger partial charge is 0.361 e. The SMILES string of the molecule is CCN1CCN(C(=O)C[C@@H](c2cc(C)ccc2F)c2c[nH]c3ccccc23)CC1. The van der Waals surface area contributed by atoms with Gasteiger partial charge in [-0.25, -0.2) is 4.39 Å². The Bertz CT molecular complexity index is 1000. The third kappa shape index (κ3) is 4.06. The first kappa shape index (κ1) is 19.6. The molecule has 5 heteroatoms. The first-order valence-corrected chi connectivity index (χ1v) is 10.4. The molecular formula is C24H28FN3O. The summed E-state index contributed by atoms with van der Waals surface area (Å²) >= 11 is 0. The summed E-state index contributed by atoms with van der Waals surface area (Å²) in [5, 5.41) is 1.04. The molecule has 0 saturated carbocycles. The molecule has 1 amide bonds. The molecule has 152 valence electrons. The fourth-order valence-electron chi connectivity index (χ4n) is 4.32. The molecule has 1 fully saturated rings. The molecule has 29 heavy (non-hydrogen) atoms. The van der Waals surface area contributed by atoms with Crippen LogP contribution in [-0.4, -0.2) is 53.4 Å². The van der Waals surface area contributed by atoms with Crippen molar-refractivity contribution in [3.63, 3.8) is 0 Å². The van der Waals surface area contributed by atoms with Gasteiger partial charge in [-0.3, -0.25) is 4.79 Å². The summed E-state index contributed by atoms with van der Waals surface area (Å²) in [7, 11) is 0. The highest BCUT2D eigenvalue weighted by Gasteiger charge is 2.28. The number of carbonyl (C=O) groups excluding carboxylic acids is 1. The third-order valence-corrected chi connectivity index (χ3v) is 6.07. The Balaban J connectivity index is 1.67. The summed E-state index contributed by atoms with van der Waals surface area (Å²) in [6.45, 7) is 8.39. The first-order valence-electron chi connectivity index (χ1n) is 10.4. The number of H-pyrrole nitrogens is 1. The van der Waals surface area contributed by atoms with Crippen molar-refractivity contribution in [2.24, 2.45) is 0 Å². The Labute approximate surface area is 171 Å². The Morgan fingerprint density at radius 2 is 1.86 bits per heavy atom.